The topological polar surface area (TPSA) is 50.3 Å². The van der Waals surface area contributed by atoms with Gasteiger partial charge in [-0.05, 0) is 53.1 Å². The van der Waals surface area contributed by atoms with Gasteiger partial charge >= 0.3 is 0 Å². The first-order valence-corrected chi connectivity index (χ1v) is 12.1. The molecule has 0 spiro atoms. The Bertz CT molecular complexity index is 1150. The molecule has 0 amide bonds. The number of likely N-dealkylation sites (tertiary alicyclic amines) is 1. The fourth-order valence-corrected chi connectivity index (χ4v) is 5.99. The molecule has 1 fully saturated rings. The molecule has 0 aliphatic carbocycles. The van der Waals surface area contributed by atoms with Crippen molar-refractivity contribution in [3.05, 3.63) is 100 Å². The molecule has 0 saturated carbocycles. The minimum absolute atomic E-state index is 0.110. The Labute approximate surface area is 185 Å². The van der Waals surface area contributed by atoms with E-state index in [9.17, 15) is 17.2 Å². The van der Waals surface area contributed by atoms with Gasteiger partial charge in [0.25, 0.3) is 0 Å². The number of aromatic nitrogens is 1. The molecule has 8 heteroatoms. The maximum absolute atomic E-state index is 13.8. The Morgan fingerprint density at radius 2 is 1.48 bits per heavy atom. The lowest BCUT2D eigenvalue weighted by Gasteiger charge is -2.47. The van der Waals surface area contributed by atoms with Crippen LogP contribution in [0.5, 0.6) is 0 Å². The Hall–Kier alpha value is -2.35. The number of nitrogens with zero attached hydrogens (tertiary/aromatic N) is 2. The molecule has 3 aromatic rings. The maximum atomic E-state index is 13.8. The van der Waals surface area contributed by atoms with E-state index in [0.717, 1.165) is 35.6 Å². The monoisotopic (exact) mass is 462 g/mol. The highest BCUT2D eigenvalue weighted by molar-refractivity contribution is 7.90. The summed E-state index contributed by atoms with van der Waals surface area (Å²) in [5.74, 6) is -1.85. The van der Waals surface area contributed by atoms with Crippen molar-refractivity contribution >= 4 is 21.4 Å². The lowest BCUT2D eigenvalue weighted by molar-refractivity contribution is 0.0654. The highest BCUT2D eigenvalue weighted by atomic mass is 35.5. The van der Waals surface area contributed by atoms with Gasteiger partial charge < -0.3 is 0 Å². The minimum atomic E-state index is -3.58. The summed E-state index contributed by atoms with van der Waals surface area (Å²) in [4.78, 5) is 6.23. The van der Waals surface area contributed by atoms with Crippen molar-refractivity contribution in [2.24, 2.45) is 5.92 Å². The van der Waals surface area contributed by atoms with Crippen LogP contribution in [0.4, 0.5) is 8.78 Å². The van der Waals surface area contributed by atoms with Crippen LogP contribution < -0.4 is 0 Å². The van der Waals surface area contributed by atoms with Crippen LogP contribution in [0.25, 0.3) is 0 Å². The lowest BCUT2D eigenvalue weighted by Crippen LogP contribution is -2.52. The van der Waals surface area contributed by atoms with E-state index < -0.39 is 26.7 Å². The highest BCUT2D eigenvalue weighted by Crippen LogP contribution is 2.42. The number of pyridine rings is 1. The van der Waals surface area contributed by atoms with Crippen LogP contribution in [-0.4, -0.2) is 37.6 Å². The largest absolute Gasteiger partial charge is 0.292 e. The molecule has 4 rings (SSSR count). The molecule has 2 heterocycles. The zero-order chi connectivity index (χ0) is 22.2. The summed E-state index contributed by atoms with van der Waals surface area (Å²) in [7, 11) is -3.58. The number of rotatable bonds is 6. The zero-order valence-corrected chi connectivity index (χ0v) is 18.3. The Morgan fingerprint density at radius 1 is 0.935 bits per heavy atom. The summed E-state index contributed by atoms with van der Waals surface area (Å²) in [6.07, 6.45) is 4.54. The Morgan fingerprint density at radius 3 is 2.03 bits per heavy atom. The SMILES string of the molecule is CS(=O)(=O)C(c1cc(F)cc(F)c1)C1CN(C(c2ccncc2)c2ccc(Cl)cc2)C1. The second-order valence-corrected chi connectivity index (χ2v) is 10.5. The summed E-state index contributed by atoms with van der Waals surface area (Å²) in [5.41, 5.74) is 2.18. The second-order valence-electron chi connectivity index (χ2n) is 7.90. The first-order chi connectivity index (χ1) is 14.7. The van der Waals surface area contributed by atoms with Crippen LogP contribution in [0.3, 0.4) is 0 Å². The standard InChI is InChI=1S/C23H21ClF2N2O2S/c1-31(29,30)23(17-10-20(25)12-21(26)11-17)18-13-28(14-18)22(16-6-8-27-9-7-16)15-2-4-19(24)5-3-15/h2-12,18,22-23H,13-14H2,1H3. The lowest BCUT2D eigenvalue weighted by atomic mass is 9.86. The van der Waals surface area contributed by atoms with Gasteiger partial charge in [-0.1, -0.05) is 23.7 Å². The highest BCUT2D eigenvalue weighted by Gasteiger charge is 2.43. The molecule has 162 valence electrons. The maximum Gasteiger partial charge on any atom is 0.154 e. The molecular formula is C23H21ClF2N2O2S. The van der Waals surface area contributed by atoms with E-state index in [0.29, 0.717) is 18.1 Å². The zero-order valence-electron chi connectivity index (χ0n) is 16.8. The molecule has 4 nitrogen and oxygen atoms in total. The van der Waals surface area contributed by atoms with Gasteiger partial charge in [-0.15, -0.1) is 0 Å². The van der Waals surface area contributed by atoms with E-state index >= 15 is 0 Å². The van der Waals surface area contributed by atoms with Crippen molar-refractivity contribution in [1.29, 1.82) is 0 Å². The molecule has 2 atom stereocenters. The van der Waals surface area contributed by atoms with Gasteiger partial charge in [-0.25, -0.2) is 17.2 Å². The van der Waals surface area contributed by atoms with Gasteiger partial charge in [-0.3, -0.25) is 9.88 Å². The molecule has 0 radical (unpaired) electrons. The van der Waals surface area contributed by atoms with Gasteiger partial charge in [0.05, 0.1) is 11.3 Å². The predicted molar refractivity (Wildman–Crippen MR) is 117 cm³/mol. The van der Waals surface area contributed by atoms with Gasteiger partial charge in [-0.2, -0.15) is 0 Å². The van der Waals surface area contributed by atoms with Crippen LogP contribution in [0.2, 0.25) is 5.02 Å². The Balaban J connectivity index is 1.64. The average Bonchev–Trinajstić information content (AvgIpc) is 2.66. The predicted octanol–water partition coefficient (Wildman–Crippen LogP) is 4.82. The van der Waals surface area contributed by atoms with E-state index in [-0.39, 0.29) is 17.5 Å². The average molecular weight is 463 g/mol. The van der Waals surface area contributed by atoms with Crippen molar-refractivity contribution in [2.45, 2.75) is 11.3 Å². The van der Waals surface area contributed by atoms with Gasteiger partial charge in [0.15, 0.2) is 9.84 Å². The van der Waals surface area contributed by atoms with Crippen LogP contribution in [0.1, 0.15) is 28.0 Å². The first kappa shape index (κ1) is 21.9. The normalized spacial score (nSPS) is 17.2. The second kappa shape index (κ2) is 8.65. The molecule has 2 aromatic carbocycles. The fraction of sp³-hybridized carbons (Fsp3) is 0.261. The van der Waals surface area contributed by atoms with Crippen molar-refractivity contribution < 1.29 is 17.2 Å². The minimum Gasteiger partial charge on any atom is -0.292 e. The summed E-state index contributed by atoms with van der Waals surface area (Å²) in [6, 6.07) is 14.2. The van der Waals surface area contributed by atoms with Gasteiger partial charge in [0.1, 0.15) is 11.6 Å². The van der Waals surface area contributed by atoms with E-state index in [4.69, 9.17) is 11.6 Å². The van der Waals surface area contributed by atoms with E-state index in [1.54, 1.807) is 12.4 Å². The molecular weight excluding hydrogens is 442 g/mol. The van der Waals surface area contributed by atoms with Crippen LogP contribution in [0.15, 0.2) is 67.0 Å². The van der Waals surface area contributed by atoms with Crippen molar-refractivity contribution in [3.63, 3.8) is 0 Å². The van der Waals surface area contributed by atoms with Crippen LogP contribution >= 0.6 is 11.6 Å². The summed E-state index contributed by atoms with van der Waals surface area (Å²) >= 11 is 6.05. The third-order valence-corrected chi connectivity index (χ3v) is 7.45. The first-order valence-electron chi connectivity index (χ1n) is 9.76. The number of hydrogen-bond acceptors (Lipinski definition) is 4. The van der Waals surface area contributed by atoms with Gasteiger partial charge in [0, 0.05) is 48.7 Å². The number of hydrogen-bond donors (Lipinski definition) is 0. The van der Waals surface area contributed by atoms with Crippen LogP contribution in [0, 0.1) is 17.6 Å². The molecule has 2 unspecified atom stereocenters. The smallest absolute Gasteiger partial charge is 0.154 e. The third kappa shape index (κ3) is 4.79. The Kier molecular flexibility index (Phi) is 6.10. The van der Waals surface area contributed by atoms with E-state index in [1.165, 1.54) is 0 Å². The fourth-order valence-electron chi connectivity index (χ4n) is 4.36. The van der Waals surface area contributed by atoms with E-state index in [2.05, 4.69) is 9.88 Å². The molecule has 1 saturated heterocycles. The molecule has 1 aliphatic heterocycles. The molecule has 1 aromatic heterocycles. The van der Waals surface area contributed by atoms with Crippen LogP contribution in [-0.2, 0) is 9.84 Å². The van der Waals surface area contributed by atoms with Crippen molar-refractivity contribution in [3.8, 4) is 0 Å². The summed E-state index contributed by atoms with van der Waals surface area (Å²) in [6.45, 7) is 0.928. The van der Waals surface area contributed by atoms with Crippen molar-refractivity contribution in [1.82, 2.24) is 9.88 Å². The summed E-state index contributed by atoms with van der Waals surface area (Å²) < 4.78 is 52.7. The molecule has 0 bridgehead atoms. The number of sulfone groups is 1. The van der Waals surface area contributed by atoms with Crippen molar-refractivity contribution in [2.75, 3.05) is 19.3 Å². The molecule has 0 N–H and O–H groups in total. The number of halogens is 3. The quantitative estimate of drug-likeness (QED) is 0.527. The summed E-state index contributed by atoms with van der Waals surface area (Å²) in [5, 5.41) is -0.346. The molecule has 31 heavy (non-hydrogen) atoms. The molecule has 1 aliphatic rings. The number of benzene rings is 2. The van der Waals surface area contributed by atoms with E-state index in [1.807, 2.05) is 36.4 Å². The third-order valence-electron chi connectivity index (χ3n) is 5.61. The van der Waals surface area contributed by atoms with Gasteiger partial charge in [0.2, 0.25) is 0 Å².